The van der Waals surface area contributed by atoms with E-state index in [1.54, 1.807) is 5.57 Å². The minimum absolute atomic E-state index is 0.833. The van der Waals surface area contributed by atoms with E-state index >= 15 is 0 Å². The number of nitrogens with zero attached hydrogens (tertiary/aromatic N) is 2. The molecule has 1 aromatic heterocycles. The molecule has 0 amide bonds. The summed E-state index contributed by atoms with van der Waals surface area (Å²) in [6.07, 6.45) is 8.66. The summed E-state index contributed by atoms with van der Waals surface area (Å²) in [7, 11) is 2.23. The van der Waals surface area contributed by atoms with Crippen LogP contribution < -0.4 is 0 Å². The van der Waals surface area contributed by atoms with Gasteiger partial charge in [0.15, 0.2) is 0 Å². The summed E-state index contributed by atoms with van der Waals surface area (Å²) in [5, 5.41) is 3.09. The average molecular weight is 411 g/mol. The van der Waals surface area contributed by atoms with E-state index in [1.165, 1.54) is 52.1 Å². The van der Waals surface area contributed by atoms with Crippen molar-refractivity contribution in [2.75, 3.05) is 33.2 Å². The molecule has 0 N–H and O–H groups in total. The molecule has 3 heterocycles. The normalized spacial score (nSPS) is 20.5. The van der Waals surface area contributed by atoms with Crippen LogP contribution in [-0.2, 0) is 0 Å². The highest BCUT2D eigenvalue weighted by atomic mass is 35.5. The first-order valence-corrected chi connectivity index (χ1v) is 11.7. The molecule has 1 aliphatic carbocycles. The highest BCUT2D eigenvalue weighted by Crippen LogP contribution is 2.44. The van der Waals surface area contributed by atoms with Gasteiger partial charge in [-0.25, -0.2) is 0 Å². The van der Waals surface area contributed by atoms with E-state index in [-0.39, 0.29) is 0 Å². The second-order valence-corrected chi connectivity index (χ2v) is 9.63. The van der Waals surface area contributed by atoms with E-state index < -0.39 is 0 Å². The maximum absolute atomic E-state index is 6.51. The fourth-order valence-corrected chi connectivity index (χ4v) is 5.85. The molecule has 1 aromatic carbocycles. The van der Waals surface area contributed by atoms with E-state index in [4.69, 9.17) is 11.6 Å². The van der Waals surface area contributed by atoms with Crippen molar-refractivity contribution in [3.63, 3.8) is 0 Å². The minimum atomic E-state index is 0.833. The number of piperidine rings is 2. The number of halogens is 1. The molecule has 2 fully saturated rings. The third kappa shape index (κ3) is 3.34. The van der Waals surface area contributed by atoms with E-state index in [2.05, 4.69) is 52.6 Å². The van der Waals surface area contributed by atoms with Crippen LogP contribution in [0.25, 0.3) is 17.3 Å². The van der Waals surface area contributed by atoms with Crippen LogP contribution in [0.1, 0.15) is 53.7 Å². The zero-order valence-corrected chi connectivity index (χ0v) is 18.1. The largest absolute Gasteiger partial charge is 0.371 e. The maximum Gasteiger partial charge on any atom is 0.0461 e. The molecule has 0 spiro atoms. The standard InChI is InChI=1S/C24H27ClN2S/c1-26-12-7-17(8-13-26)24-19-6-5-18(25)15-21(19)22(27-10-3-2-4-11-27)16-23-20(24)9-14-28-23/h5-6,9,14-16H,2-4,7-8,10-13H2,1H3. The fraction of sp³-hybridized carbons (Fsp3) is 0.417. The third-order valence-corrected chi connectivity index (χ3v) is 7.50. The van der Waals surface area contributed by atoms with Gasteiger partial charge >= 0.3 is 0 Å². The fourth-order valence-electron chi connectivity index (χ4n) is 4.85. The molecule has 0 atom stereocenters. The summed E-state index contributed by atoms with van der Waals surface area (Å²) >= 11 is 8.38. The molecule has 0 radical (unpaired) electrons. The van der Waals surface area contributed by atoms with Crippen molar-refractivity contribution < 1.29 is 0 Å². The number of thiophene rings is 1. The van der Waals surface area contributed by atoms with E-state index in [9.17, 15) is 0 Å². The molecule has 28 heavy (non-hydrogen) atoms. The van der Waals surface area contributed by atoms with E-state index in [1.807, 2.05) is 11.3 Å². The van der Waals surface area contributed by atoms with Gasteiger partial charge in [-0.2, -0.15) is 0 Å². The van der Waals surface area contributed by atoms with Gasteiger partial charge in [0.2, 0.25) is 0 Å². The Balaban J connectivity index is 1.72. The van der Waals surface area contributed by atoms with Crippen molar-refractivity contribution in [1.29, 1.82) is 0 Å². The second kappa shape index (κ2) is 7.70. The molecule has 146 valence electrons. The van der Waals surface area contributed by atoms with E-state index in [0.717, 1.165) is 44.0 Å². The summed E-state index contributed by atoms with van der Waals surface area (Å²) in [6, 6.07) is 8.86. The van der Waals surface area contributed by atoms with Crippen molar-refractivity contribution in [2.45, 2.75) is 32.1 Å². The minimum Gasteiger partial charge on any atom is -0.371 e. The van der Waals surface area contributed by atoms with Crippen LogP contribution >= 0.6 is 22.9 Å². The molecule has 2 aliphatic heterocycles. The zero-order chi connectivity index (χ0) is 19.1. The first-order chi connectivity index (χ1) is 13.7. The molecular weight excluding hydrogens is 384 g/mol. The summed E-state index contributed by atoms with van der Waals surface area (Å²) in [5.74, 6) is 0. The number of likely N-dealkylation sites (tertiary alicyclic amines) is 2. The van der Waals surface area contributed by atoms with Crippen LogP contribution in [0.5, 0.6) is 0 Å². The van der Waals surface area contributed by atoms with Crippen LogP contribution in [-0.4, -0.2) is 43.0 Å². The van der Waals surface area contributed by atoms with Gasteiger partial charge < -0.3 is 9.80 Å². The molecule has 0 bridgehead atoms. The van der Waals surface area contributed by atoms with Crippen molar-refractivity contribution in [1.82, 2.24) is 9.80 Å². The Morgan fingerprint density at radius 3 is 2.46 bits per heavy atom. The van der Waals surface area contributed by atoms with Crippen LogP contribution in [0.3, 0.4) is 0 Å². The Kier molecular flexibility index (Phi) is 5.08. The lowest BCUT2D eigenvalue weighted by Gasteiger charge is -2.32. The van der Waals surface area contributed by atoms with Crippen LogP contribution in [0.15, 0.2) is 35.2 Å². The van der Waals surface area contributed by atoms with Crippen LogP contribution in [0.4, 0.5) is 0 Å². The second-order valence-electron chi connectivity index (χ2n) is 8.25. The van der Waals surface area contributed by atoms with Gasteiger partial charge in [0, 0.05) is 52.9 Å². The Hall–Kier alpha value is -1.55. The van der Waals surface area contributed by atoms with E-state index in [0.29, 0.717) is 0 Å². The number of fused-ring (bicyclic) bond motifs is 2. The zero-order valence-electron chi connectivity index (χ0n) is 16.5. The van der Waals surface area contributed by atoms with Gasteiger partial charge in [0.1, 0.15) is 0 Å². The first kappa shape index (κ1) is 18.5. The van der Waals surface area contributed by atoms with Gasteiger partial charge in [-0.05, 0) is 79.9 Å². The molecule has 0 unspecified atom stereocenters. The Morgan fingerprint density at radius 2 is 1.68 bits per heavy atom. The van der Waals surface area contributed by atoms with Gasteiger partial charge in [-0.3, -0.25) is 0 Å². The molecule has 2 aromatic rings. The number of hydrogen-bond donors (Lipinski definition) is 0. The Morgan fingerprint density at radius 1 is 0.893 bits per heavy atom. The molecule has 0 saturated carbocycles. The van der Waals surface area contributed by atoms with Gasteiger partial charge in [0.05, 0.1) is 0 Å². The predicted molar refractivity (Wildman–Crippen MR) is 122 cm³/mol. The first-order valence-electron chi connectivity index (χ1n) is 10.5. The topological polar surface area (TPSA) is 6.48 Å². The molecule has 5 rings (SSSR count). The average Bonchev–Trinajstić information content (AvgIpc) is 3.12. The number of rotatable bonds is 1. The number of benzene rings is 1. The number of hydrogen-bond acceptors (Lipinski definition) is 3. The lowest BCUT2D eigenvalue weighted by atomic mass is 9.87. The molecular formula is C24H27ClN2S. The highest BCUT2D eigenvalue weighted by Gasteiger charge is 2.27. The smallest absolute Gasteiger partial charge is 0.0461 e. The van der Waals surface area contributed by atoms with Gasteiger partial charge in [-0.15, -0.1) is 11.3 Å². The summed E-state index contributed by atoms with van der Waals surface area (Å²) < 4.78 is 0. The maximum atomic E-state index is 6.51. The SMILES string of the molecule is CN1CCC(=C2c3ccc(Cl)cc3C(N3CCCCC3)=Cc3sccc32)CC1. The Bertz CT molecular complexity index is 939. The van der Waals surface area contributed by atoms with Crippen molar-refractivity contribution >= 4 is 40.3 Å². The lowest BCUT2D eigenvalue weighted by Crippen LogP contribution is -2.28. The monoisotopic (exact) mass is 410 g/mol. The highest BCUT2D eigenvalue weighted by molar-refractivity contribution is 7.11. The summed E-state index contributed by atoms with van der Waals surface area (Å²) in [5.41, 5.74) is 8.55. The van der Waals surface area contributed by atoms with Crippen molar-refractivity contribution in [2.24, 2.45) is 0 Å². The lowest BCUT2D eigenvalue weighted by molar-refractivity contribution is 0.313. The molecule has 2 saturated heterocycles. The Labute approximate surface area is 177 Å². The van der Waals surface area contributed by atoms with Crippen molar-refractivity contribution in [3.8, 4) is 0 Å². The van der Waals surface area contributed by atoms with Crippen molar-refractivity contribution in [3.05, 3.63) is 61.8 Å². The van der Waals surface area contributed by atoms with Gasteiger partial charge in [0.25, 0.3) is 0 Å². The quantitative estimate of drug-likeness (QED) is 0.550. The third-order valence-electron chi connectivity index (χ3n) is 6.40. The van der Waals surface area contributed by atoms with Crippen LogP contribution in [0.2, 0.25) is 5.02 Å². The van der Waals surface area contributed by atoms with Gasteiger partial charge in [-0.1, -0.05) is 23.2 Å². The summed E-state index contributed by atoms with van der Waals surface area (Å²) in [4.78, 5) is 6.43. The van der Waals surface area contributed by atoms with Crippen LogP contribution in [0, 0.1) is 0 Å². The summed E-state index contributed by atoms with van der Waals surface area (Å²) in [6.45, 7) is 4.59. The molecule has 2 nitrogen and oxygen atoms in total. The molecule has 4 heteroatoms. The predicted octanol–water partition coefficient (Wildman–Crippen LogP) is 6.23. The molecule has 3 aliphatic rings.